The monoisotopic (exact) mass is 280 g/mol. The number of hydrogen-bond acceptors (Lipinski definition) is 3. The summed E-state index contributed by atoms with van der Waals surface area (Å²) in [6.45, 7) is 6.37. The average Bonchev–Trinajstić information content (AvgIpc) is 2.37. The van der Waals surface area contributed by atoms with E-state index in [1.807, 2.05) is 13.8 Å². The van der Waals surface area contributed by atoms with E-state index in [0.29, 0.717) is 13.1 Å². The van der Waals surface area contributed by atoms with Crippen molar-refractivity contribution in [1.82, 2.24) is 10.2 Å². The van der Waals surface area contributed by atoms with Gasteiger partial charge in [0.05, 0.1) is 18.8 Å². The van der Waals surface area contributed by atoms with Gasteiger partial charge in [-0.05, 0) is 31.5 Å². The first-order valence-corrected chi connectivity index (χ1v) is 6.92. The number of benzene rings is 1. The Kier molecular flexibility index (Phi) is 5.09. The van der Waals surface area contributed by atoms with E-state index in [9.17, 15) is 9.18 Å². The molecule has 0 saturated carbocycles. The Balaban J connectivity index is 1.76. The van der Waals surface area contributed by atoms with Crippen LogP contribution in [0.2, 0.25) is 0 Å². The van der Waals surface area contributed by atoms with E-state index < -0.39 is 0 Å². The lowest BCUT2D eigenvalue weighted by Crippen LogP contribution is -2.49. The molecule has 1 saturated heterocycles. The first-order chi connectivity index (χ1) is 9.52. The maximum atomic E-state index is 12.8. The summed E-state index contributed by atoms with van der Waals surface area (Å²) in [6, 6.07) is 6.14. The summed E-state index contributed by atoms with van der Waals surface area (Å²) in [4.78, 5) is 14.0. The molecule has 1 heterocycles. The molecule has 1 aromatic rings. The molecule has 1 aliphatic heterocycles. The molecule has 4 nitrogen and oxygen atoms in total. The number of nitrogens with zero attached hydrogens (tertiary/aromatic N) is 1. The molecular formula is C15H21FN2O2. The average molecular weight is 280 g/mol. The third kappa shape index (κ3) is 4.58. The van der Waals surface area contributed by atoms with Gasteiger partial charge < -0.3 is 10.1 Å². The molecule has 0 bridgehead atoms. The number of rotatable bonds is 4. The number of carbonyl (C=O) groups excluding carboxylic acids is 1. The summed E-state index contributed by atoms with van der Waals surface area (Å²) in [6.07, 6.45) is 0.312. The van der Waals surface area contributed by atoms with Crippen molar-refractivity contribution in [1.29, 1.82) is 0 Å². The van der Waals surface area contributed by atoms with Crippen molar-refractivity contribution in [2.75, 3.05) is 19.6 Å². The van der Waals surface area contributed by atoms with Gasteiger partial charge in [0.15, 0.2) is 0 Å². The van der Waals surface area contributed by atoms with Crippen LogP contribution in [0.25, 0.3) is 0 Å². The summed E-state index contributed by atoms with van der Waals surface area (Å²) in [5.41, 5.74) is 0.892. The SMILES string of the molecule is C[C@H]1CN(CC(=O)NCc2ccc(F)cc2)C[C@H](C)O1. The normalized spacial score (nSPS) is 23.6. The number of ether oxygens (including phenoxy) is 1. The second-order valence-corrected chi connectivity index (χ2v) is 5.35. The smallest absolute Gasteiger partial charge is 0.234 e. The second kappa shape index (κ2) is 6.81. The topological polar surface area (TPSA) is 41.6 Å². The third-order valence-corrected chi connectivity index (χ3v) is 3.27. The molecule has 0 aliphatic carbocycles. The number of nitrogens with one attached hydrogen (secondary N) is 1. The van der Waals surface area contributed by atoms with Crippen LogP contribution in [0.3, 0.4) is 0 Å². The molecule has 1 amide bonds. The van der Waals surface area contributed by atoms with Crippen LogP contribution < -0.4 is 5.32 Å². The highest BCUT2D eigenvalue weighted by Crippen LogP contribution is 2.10. The number of morpholine rings is 1. The van der Waals surface area contributed by atoms with Crippen LogP contribution in [0.4, 0.5) is 4.39 Å². The van der Waals surface area contributed by atoms with Gasteiger partial charge in [-0.3, -0.25) is 9.69 Å². The van der Waals surface area contributed by atoms with Gasteiger partial charge in [0.1, 0.15) is 5.82 Å². The predicted octanol–water partition coefficient (Wildman–Crippen LogP) is 1.55. The van der Waals surface area contributed by atoms with Gasteiger partial charge in [0.25, 0.3) is 0 Å². The molecular weight excluding hydrogens is 259 g/mol. The summed E-state index contributed by atoms with van der Waals surface area (Å²) in [5, 5.41) is 2.85. The molecule has 2 atom stereocenters. The molecule has 0 aromatic heterocycles. The lowest BCUT2D eigenvalue weighted by molar-refractivity contribution is -0.126. The van der Waals surface area contributed by atoms with Crippen LogP contribution >= 0.6 is 0 Å². The van der Waals surface area contributed by atoms with Crippen molar-refractivity contribution >= 4 is 5.91 Å². The molecule has 0 unspecified atom stereocenters. The van der Waals surface area contributed by atoms with Crippen molar-refractivity contribution in [3.05, 3.63) is 35.6 Å². The van der Waals surface area contributed by atoms with Crippen LogP contribution in [0.5, 0.6) is 0 Å². The number of carbonyl (C=O) groups is 1. The van der Waals surface area contributed by atoms with Crippen LogP contribution in [0.15, 0.2) is 24.3 Å². The third-order valence-electron chi connectivity index (χ3n) is 3.27. The zero-order chi connectivity index (χ0) is 14.5. The number of hydrogen-bond donors (Lipinski definition) is 1. The maximum absolute atomic E-state index is 12.8. The Labute approximate surface area is 118 Å². The Bertz CT molecular complexity index is 440. The molecule has 0 radical (unpaired) electrons. The fraction of sp³-hybridized carbons (Fsp3) is 0.533. The molecule has 1 aliphatic rings. The van der Waals surface area contributed by atoms with Crippen molar-refractivity contribution < 1.29 is 13.9 Å². The largest absolute Gasteiger partial charge is 0.373 e. The zero-order valence-corrected chi connectivity index (χ0v) is 11.9. The Morgan fingerprint density at radius 1 is 1.30 bits per heavy atom. The molecule has 1 N–H and O–H groups in total. The summed E-state index contributed by atoms with van der Waals surface area (Å²) in [7, 11) is 0. The first-order valence-electron chi connectivity index (χ1n) is 6.92. The lowest BCUT2D eigenvalue weighted by Gasteiger charge is -2.34. The van der Waals surface area contributed by atoms with Crippen molar-refractivity contribution in [3.63, 3.8) is 0 Å². The van der Waals surface area contributed by atoms with Crippen LogP contribution in [-0.4, -0.2) is 42.6 Å². The van der Waals surface area contributed by atoms with Crippen LogP contribution in [0, 0.1) is 5.82 Å². The number of halogens is 1. The van der Waals surface area contributed by atoms with Gasteiger partial charge in [0, 0.05) is 19.6 Å². The minimum Gasteiger partial charge on any atom is -0.373 e. The van der Waals surface area contributed by atoms with Crippen molar-refractivity contribution in [3.8, 4) is 0 Å². The van der Waals surface area contributed by atoms with Crippen LogP contribution in [0.1, 0.15) is 19.4 Å². The van der Waals surface area contributed by atoms with E-state index in [2.05, 4.69) is 10.2 Å². The van der Waals surface area contributed by atoms with E-state index in [1.54, 1.807) is 12.1 Å². The van der Waals surface area contributed by atoms with Gasteiger partial charge in [-0.2, -0.15) is 0 Å². The fourth-order valence-corrected chi connectivity index (χ4v) is 2.48. The molecule has 0 spiro atoms. The Morgan fingerprint density at radius 2 is 1.90 bits per heavy atom. The molecule has 2 rings (SSSR count). The van der Waals surface area contributed by atoms with E-state index in [1.165, 1.54) is 12.1 Å². The van der Waals surface area contributed by atoms with Gasteiger partial charge in [-0.25, -0.2) is 4.39 Å². The summed E-state index contributed by atoms with van der Waals surface area (Å²) >= 11 is 0. The number of amides is 1. The van der Waals surface area contributed by atoms with Crippen molar-refractivity contribution in [2.24, 2.45) is 0 Å². The fourth-order valence-electron chi connectivity index (χ4n) is 2.48. The van der Waals surface area contributed by atoms with Crippen molar-refractivity contribution in [2.45, 2.75) is 32.6 Å². The Hall–Kier alpha value is -1.46. The van der Waals surface area contributed by atoms with Gasteiger partial charge in [0.2, 0.25) is 5.91 Å². The molecule has 20 heavy (non-hydrogen) atoms. The highest BCUT2D eigenvalue weighted by molar-refractivity contribution is 5.78. The Morgan fingerprint density at radius 3 is 2.50 bits per heavy atom. The minimum absolute atomic E-state index is 0.0179. The van der Waals surface area contributed by atoms with E-state index in [4.69, 9.17) is 4.74 Å². The van der Waals surface area contributed by atoms with Gasteiger partial charge in [-0.15, -0.1) is 0 Å². The molecule has 1 aromatic carbocycles. The predicted molar refractivity (Wildman–Crippen MR) is 74.7 cm³/mol. The second-order valence-electron chi connectivity index (χ2n) is 5.35. The van der Waals surface area contributed by atoms with Gasteiger partial charge >= 0.3 is 0 Å². The van der Waals surface area contributed by atoms with E-state index >= 15 is 0 Å². The highest BCUT2D eigenvalue weighted by atomic mass is 19.1. The lowest BCUT2D eigenvalue weighted by atomic mass is 10.2. The van der Waals surface area contributed by atoms with E-state index in [-0.39, 0.29) is 23.9 Å². The summed E-state index contributed by atoms with van der Waals surface area (Å²) in [5.74, 6) is -0.285. The summed E-state index contributed by atoms with van der Waals surface area (Å²) < 4.78 is 18.4. The quantitative estimate of drug-likeness (QED) is 0.910. The molecule has 1 fully saturated rings. The standard InChI is InChI=1S/C15H21FN2O2/c1-11-8-18(9-12(2)20-11)10-15(19)17-7-13-3-5-14(16)6-4-13/h3-6,11-12H,7-10H2,1-2H3,(H,17,19)/t11-,12-/m0/s1. The molecule has 5 heteroatoms. The minimum atomic E-state index is -0.267. The first kappa shape index (κ1) is 14.9. The maximum Gasteiger partial charge on any atom is 0.234 e. The van der Waals surface area contributed by atoms with Crippen LogP contribution in [-0.2, 0) is 16.1 Å². The highest BCUT2D eigenvalue weighted by Gasteiger charge is 2.23. The zero-order valence-electron chi connectivity index (χ0n) is 11.9. The van der Waals surface area contributed by atoms with Gasteiger partial charge in [-0.1, -0.05) is 12.1 Å². The molecule has 110 valence electrons. The van der Waals surface area contributed by atoms with E-state index in [0.717, 1.165) is 18.7 Å².